The summed E-state index contributed by atoms with van der Waals surface area (Å²) in [5.74, 6) is -4.94. The molecule has 0 bridgehead atoms. The molecule has 1 saturated heterocycles. The number of nitrogens with zero attached hydrogens (tertiary/aromatic N) is 6. The quantitative estimate of drug-likeness (QED) is 0.206. The normalized spacial score (nSPS) is 15.7. The maximum Gasteiger partial charge on any atom is 0.471 e. The van der Waals surface area contributed by atoms with Gasteiger partial charge in [0.1, 0.15) is 22.8 Å². The summed E-state index contributed by atoms with van der Waals surface area (Å²) in [5, 5.41) is 4.59. The van der Waals surface area contributed by atoms with E-state index < -0.39 is 47.3 Å². The Bertz CT molecular complexity index is 1750. The van der Waals surface area contributed by atoms with Gasteiger partial charge in [0.2, 0.25) is 5.95 Å². The van der Waals surface area contributed by atoms with Gasteiger partial charge < -0.3 is 39.7 Å². The third-order valence-electron chi connectivity index (χ3n) is 9.31. The second-order valence-electron chi connectivity index (χ2n) is 16.6. The molecule has 0 spiro atoms. The van der Waals surface area contributed by atoms with E-state index >= 15 is 0 Å². The molecule has 2 heterocycles. The summed E-state index contributed by atoms with van der Waals surface area (Å²) < 4.78 is 89.5. The average Bonchev–Trinajstić information content (AvgIpc) is 3.13. The van der Waals surface area contributed by atoms with Gasteiger partial charge in [-0.3, -0.25) is 9.59 Å². The van der Waals surface area contributed by atoms with Gasteiger partial charge in [-0.2, -0.15) is 36.3 Å². The van der Waals surface area contributed by atoms with Crippen LogP contribution in [0, 0.1) is 0 Å². The van der Waals surface area contributed by atoms with Crippen molar-refractivity contribution in [2.45, 2.75) is 123 Å². The monoisotopic (exact) mass is 844 g/mol. The van der Waals surface area contributed by atoms with Crippen molar-refractivity contribution < 1.29 is 55.0 Å². The molecule has 0 unspecified atom stereocenters. The molecular weight excluding hydrogens is 790 g/mol. The Morgan fingerprint density at radius 2 is 1.34 bits per heavy atom. The van der Waals surface area contributed by atoms with Crippen LogP contribution in [0.3, 0.4) is 0 Å². The standard InChI is InChI=1S/C39H54F6N8O6/c1-36(2,3)58-34(56)52(17-10-18-53(28-11-8-7-9-12-28)35(57)59-37(4,5)6)25-27-15-13-26(14-16-27)24-46-33-48-29(47-31(54)38(40,41)42)23-30(49-33)50-19-21-51(22-20-50)32(55)39(43,44)45/h13-16,23,28H,7-12,17-22,24-25H2,1-6H3,(H2,46,47,48,49,54). The molecule has 4 amide bonds. The van der Waals surface area contributed by atoms with E-state index in [9.17, 15) is 45.5 Å². The number of carbonyl (C=O) groups excluding carboxylic acids is 4. The van der Waals surface area contributed by atoms with Gasteiger partial charge in [-0.1, -0.05) is 43.5 Å². The zero-order valence-corrected chi connectivity index (χ0v) is 34.3. The maximum atomic E-state index is 13.4. The fraction of sp³-hybridized carbons (Fsp3) is 0.641. The summed E-state index contributed by atoms with van der Waals surface area (Å²) in [4.78, 5) is 63.8. The number of rotatable bonds is 12. The molecule has 1 aromatic heterocycles. The molecule has 2 aromatic rings. The number of piperazine rings is 1. The summed E-state index contributed by atoms with van der Waals surface area (Å²) in [7, 11) is 0. The van der Waals surface area contributed by atoms with Crippen molar-refractivity contribution in [3.63, 3.8) is 0 Å². The molecule has 0 atom stereocenters. The molecule has 4 rings (SSSR count). The second-order valence-corrected chi connectivity index (χ2v) is 16.6. The highest BCUT2D eigenvalue weighted by atomic mass is 19.4. The topological polar surface area (TPSA) is 150 Å². The molecule has 20 heteroatoms. The number of nitrogens with one attached hydrogen (secondary N) is 2. The Labute approximate surface area is 340 Å². The van der Waals surface area contributed by atoms with Crippen LogP contribution in [-0.4, -0.2) is 118 Å². The summed E-state index contributed by atoms with van der Waals surface area (Å²) >= 11 is 0. The number of benzene rings is 1. The number of amides is 4. The zero-order chi connectivity index (χ0) is 43.8. The highest BCUT2D eigenvalue weighted by molar-refractivity contribution is 5.94. The van der Waals surface area contributed by atoms with E-state index in [1.807, 2.05) is 20.8 Å². The Balaban J connectivity index is 1.45. The zero-order valence-electron chi connectivity index (χ0n) is 34.3. The van der Waals surface area contributed by atoms with Crippen LogP contribution in [0.25, 0.3) is 0 Å². The molecule has 2 fully saturated rings. The van der Waals surface area contributed by atoms with Crippen LogP contribution < -0.4 is 15.5 Å². The third kappa shape index (κ3) is 14.9. The Morgan fingerprint density at radius 3 is 1.90 bits per heavy atom. The molecule has 328 valence electrons. The molecule has 1 aromatic carbocycles. The third-order valence-corrected chi connectivity index (χ3v) is 9.31. The maximum absolute atomic E-state index is 13.4. The van der Waals surface area contributed by atoms with E-state index in [0.29, 0.717) is 30.0 Å². The van der Waals surface area contributed by atoms with Crippen LogP contribution >= 0.6 is 0 Å². The van der Waals surface area contributed by atoms with Crippen molar-refractivity contribution in [2.75, 3.05) is 54.8 Å². The minimum absolute atomic E-state index is 0.0182. The van der Waals surface area contributed by atoms with E-state index in [4.69, 9.17) is 9.47 Å². The number of ether oxygens (including phenoxy) is 2. The van der Waals surface area contributed by atoms with Crippen LogP contribution in [0.15, 0.2) is 30.3 Å². The molecule has 1 saturated carbocycles. The number of carbonyl (C=O) groups is 4. The first kappa shape index (κ1) is 46.6. The van der Waals surface area contributed by atoms with Gasteiger partial charge in [0.15, 0.2) is 0 Å². The smallest absolute Gasteiger partial charge is 0.444 e. The number of halogens is 6. The van der Waals surface area contributed by atoms with Crippen molar-refractivity contribution in [3.05, 3.63) is 41.5 Å². The lowest BCUT2D eigenvalue weighted by Gasteiger charge is -2.36. The van der Waals surface area contributed by atoms with Crippen molar-refractivity contribution in [1.82, 2.24) is 24.7 Å². The second kappa shape index (κ2) is 19.4. The molecule has 59 heavy (non-hydrogen) atoms. The number of alkyl halides is 6. The molecule has 2 aliphatic rings. The molecule has 0 radical (unpaired) electrons. The van der Waals surface area contributed by atoms with Gasteiger partial charge in [-0.05, 0) is 71.9 Å². The largest absolute Gasteiger partial charge is 0.471 e. The number of aromatic nitrogens is 2. The highest BCUT2D eigenvalue weighted by Crippen LogP contribution is 2.27. The number of anilines is 3. The van der Waals surface area contributed by atoms with E-state index in [1.165, 1.54) is 4.90 Å². The van der Waals surface area contributed by atoms with Gasteiger partial charge in [0.25, 0.3) is 0 Å². The molecule has 1 aliphatic heterocycles. The molecule has 14 nitrogen and oxygen atoms in total. The average molecular weight is 845 g/mol. The first-order chi connectivity index (χ1) is 27.4. The van der Waals surface area contributed by atoms with Gasteiger partial charge in [0.05, 0.1) is 0 Å². The lowest BCUT2D eigenvalue weighted by atomic mass is 9.94. The fourth-order valence-electron chi connectivity index (χ4n) is 6.54. The van der Waals surface area contributed by atoms with Crippen molar-refractivity contribution in [1.29, 1.82) is 0 Å². The van der Waals surface area contributed by atoms with Crippen LogP contribution in [0.4, 0.5) is 53.5 Å². The minimum Gasteiger partial charge on any atom is -0.444 e. The lowest BCUT2D eigenvalue weighted by Crippen LogP contribution is -2.52. The minimum atomic E-state index is -5.22. The highest BCUT2D eigenvalue weighted by Gasteiger charge is 2.43. The lowest BCUT2D eigenvalue weighted by molar-refractivity contribution is -0.185. The van der Waals surface area contributed by atoms with Gasteiger partial charge in [-0.15, -0.1) is 0 Å². The Morgan fingerprint density at radius 1 is 0.763 bits per heavy atom. The predicted octanol–water partition coefficient (Wildman–Crippen LogP) is 7.50. The van der Waals surface area contributed by atoms with E-state index in [0.717, 1.165) is 43.7 Å². The van der Waals surface area contributed by atoms with Crippen LogP contribution in [0.1, 0.15) is 91.2 Å². The van der Waals surface area contributed by atoms with Crippen LogP contribution in [-0.2, 0) is 32.2 Å². The summed E-state index contributed by atoms with van der Waals surface area (Å²) in [6.45, 7) is 10.8. The summed E-state index contributed by atoms with van der Waals surface area (Å²) in [6, 6.07) is 8.22. The summed E-state index contributed by atoms with van der Waals surface area (Å²) in [5.41, 5.74) is 0.0271. The number of hydrogen-bond donors (Lipinski definition) is 2. The van der Waals surface area contributed by atoms with Crippen molar-refractivity contribution in [3.8, 4) is 0 Å². The number of hydrogen-bond acceptors (Lipinski definition) is 10. The molecule has 1 aliphatic carbocycles. The SMILES string of the molecule is CC(C)(C)OC(=O)N(CCCN(C(=O)OC(C)(C)C)C1CCCCC1)Cc1ccc(CNc2nc(NC(=O)C(F)(F)F)cc(N3CCN(C(=O)C(F)(F)F)CC3)n2)cc1. The van der Waals surface area contributed by atoms with Gasteiger partial charge in [0, 0.05) is 64.5 Å². The summed E-state index contributed by atoms with van der Waals surface area (Å²) in [6.07, 6.45) is -5.76. The van der Waals surface area contributed by atoms with Crippen molar-refractivity contribution in [2.24, 2.45) is 0 Å². The van der Waals surface area contributed by atoms with Crippen LogP contribution in [0.2, 0.25) is 0 Å². The first-order valence-corrected chi connectivity index (χ1v) is 19.6. The van der Waals surface area contributed by atoms with Crippen molar-refractivity contribution >= 4 is 41.6 Å². The predicted molar refractivity (Wildman–Crippen MR) is 206 cm³/mol. The van der Waals surface area contributed by atoms with Gasteiger partial charge in [-0.25, -0.2) is 9.59 Å². The van der Waals surface area contributed by atoms with E-state index in [2.05, 4.69) is 15.3 Å². The van der Waals surface area contributed by atoms with Gasteiger partial charge >= 0.3 is 36.4 Å². The van der Waals surface area contributed by atoms with E-state index in [1.54, 1.807) is 60.2 Å². The first-order valence-electron chi connectivity index (χ1n) is 19.6. The molecule has 2 N–H and O–H groups in total. The van der Waals surface area contributed by atoms with Crippen LogP contribution in [0.5, 0.6) is 0 Å². The Hall–Kier alpha value is -5.04. The van der Waals surface area contributed by atoms with E-state index in [-0.39, 0.29) is 63.2 Å². The Kier molecular flexibility index (Phi) is 15.3. The molecular formula is C39H54F6N8O6. The fourth-order valence-corrected chi connectivity index (χ4v) is 6.54.